The van der Waals surface area contributed by atoms with Crippen LogP contribution in [-0.2, 0) is 6.54 Å². The summed E-state index contributed by atoms with van der Waals surface area (Å²) in [5.41, 5.74) is 0.619. The quantitative estimate of drug-likeness (QED) is 0.797. The third-order valence-corrected chi connectivity index (χ3v) is 3.16. The molecule has 0 aliphatic rings. The van der Waals surface area contributed by atoms with Crippen molar-refractivity contribution in [2.75, 3.05) is 18.9 Å². The van der Waals surface area contributed by atoms with Crippen molar-refractivity contribution < 1.29 is 27.5 Å². The van der Waals surface area contributed by atoms with E-state index in [4.69, 9.17) is 5.11 Å². The van der Waals surface area contributed by atoms with Crippen molar-refractivity contribution in [2.24, 2.45) is 0 Å². The molecule has 11 heteroatoms. The number of nitrogens with one attached hydrogen (secondary N) is 1. The van der Waals surface area contributed by atoms with Crippen LogP contribution in [0.15, 0.2) is 30.6 Å². The molecule has 1 atom stereocenters. The monoisotopic (exact) mass is 361 g/mol. The van der Waals surface area contributed by atoms with Crippen molar-refractivity contribution >= 4 is 12.0 Å². The number of likely N-dealkylation sites (N-methyl/N-ethyl adjacent to an activating group) is 1. The van der Waals surface area contributed by atoms with E-state index >= 15 is 0 Å². The molecule has 1 heterocycles. The second kappa shape index (κ2) is 7.47. The first-order valence-corrected chi connectivity index (χ1v) is 7.06. The number of alkyl halides is 3. The van der Waals surface area contributed by atoms with Gasteiger partial charge in [-0.2, -0.15) is 13.2 Å². The Hall–Kier alpha value is -2.69. The number of aliphatic hydroxyl groups is 1. The molecule has 1 aromatic carbocycles. The molecule has 0 saturated carbocycles. The van der Waals surface area contributed by atoms with Crippen LogP contribution in [0.4, 0.5) is 28.3 Å². The average molecular weight is 361 g/mol. The van der Waals surface area contributed by atoms with Gasteiger partial charge in [0, 0.05) is 7.05 Å². The van der Waals surface area contributed by atoms with Gasteiger partial charge in [-0.3, -0.25) is 5.32 Å². The Labute approximate surface area is 139 Å². The maximum atomic E-state index is 13.1. The molecule has 25 heavy (non-hydrogen) atoms. The number of aromatic nitrogens is 3. The first-order chi connectivity index (χ1) is 11.6. The number of hydrogen-bond acceptors (Lipinski definition) is 4. The predicted molar refractivity (Wildman–Crippen MR) is 79.2 cm³/mol. The summed E-state index contributed by atoms with van der Waals surface area (Å²) in [6, 6.07) is 4.90. The van der Waals surface area contributed by atoms with Crippen molar-refractivity contribution in [3.63, 3.8) is 0 Å². The molecule has 1 aromatic heterocycles. The lowest BCUT2D eigenvalue weighted by Crippen LogP contribution is -2.43. The van der Waals surface area contributed by atoms with E-state index in [9.17, 15) is 22.4 Å². The van der Waals surface area contributed by atoms with Gasteiger partial charge in [-0.1, -0.05) is 12.1 Å². The van der Waals surface area contributed by atoms with Gasteiger partial charge in [-0.05, 0) is 17.7 Å². The van der Waals surface area contributed by atoms with E-state index in [0.717, 1.165) is 7.05 Å². The lowest BCUT2D eigenvalue weighted by molar-refractivity contribution is -0.205. The Balaban J connectivity index is 1.93. The largest absolute Gasteiger partial charge is 0.416 e. The summed E-state index contributed by atoms with van der Waals surface area (Å²) >= 11 is 0. The third kappa shape index (κ3) is 5.41. The zero-order valence-corrected chi connectivity index (χ0v) is 13.0. The average Bonchev–Trinajstić information content (AvgIpc) is 2.93. The molecule has 0 aliphatic heterocycles. The van der Waals surface area contributed by atoms with Gasteiger partial charge in [-0.25, -0.2) is 18.9 Å². The SMILES string of the molecule is CN(CC(O)C(F)(F)F)C(=O)Nc1ncn(Cc2cccc(F)c2)n1. The molecule has 0 aliphatic carbocycles. The topological polar surface area (TPSA) is 83.3 Å². The molecule has 0 fully saturated rings. The molecule has 0 spiro atoms. The van der Waals surface area contributed by atoms with Crippen LogP contribution in [0.3, 0.4) is 0 Å². The number of halogens is 4. The zero-order valence-electron chi connectivity index (χ0n) is 13.0. The second-order valence-electron chi connectivity index (χ2n) is 5.26. The Kier molecular flexibility index (Phi) is 5.57. The van der Waals surface area contributed by atoms with Gasteiger partial charge >= 0.3 is 12.2 Å². The molecule has 7 nitrogen and oxygen atoms in total. The van der Waals surface area contributed by atoms with Crippen LogP contribution in [0.1, 0.15) is 5.56 Å². The number of amides is 2. The van der Waals surface area contributed by atoms with Crippen molar-refractivity contribution in [2.45, 2.75) is 18.8 Å². The Morgan fingerprint density at radius 1 is 1.44 bits per heavy atom. The van der Waals surface area contributed by atoms with Crippen LogP contribution in [-0.4, -0.2) is 56.7 Å². The number of urea groups is 1. The molecule has 2 N–H and O–H groups in total. The molecule has 1 unspecified atom stereocenters. The summed E-state index contributed by atoms with van der Waals surface area (Å²) in [7, 11) is 1.09. The molecule has 2 aromatic rings. The van der Waals surface area contributed by atoms with E-state index in [-0.39, 0.29) is 12.5 Å². The number of rotatable bonds is 5. The van der Waals surface area contributed by atoms with Crippen molar-refractivity contribution in [3.05, 3.63) is 42.0 Å². The predicted octanol–water partition coefficient (Wildman–Crippen LogP) is 1.85. The number of carbonyl (C=O) groups excluding carboxylic acids is 1. The molecular weight excluding hydrogens is 346 g/mol. The lowest BCUT2D eigenvalue weighted by atomic mass is 10.2. The van der Waals surface area contributed by atoms with Gasteiger partial charge in [-0.15, -0.1) is 5.10 Å². The fraction of sp³-hybridized carbons (Fsp3) is 0.357. The lowest BCUT2D eigenvalue weighted by Gasteiger charge is -2.22. The van der Waals surface area contributed by atoms with E-state index in [2.05, 4.69) is 15.4 Å². The minimum Gasteiger partial charge on any atom is -0.382 e. The first kappa shape index (κ1) is 18.6. The molecular formula is C14H15F4N5O2. The summed E-state index contributed by atoms with van der Waals surface area (Å²) in [5, 5.41) is 15.1. The second-order valence-corrected chi connectivity index (χ2v) is 5.26. The van der Waals surface area contributed by atoms with Crippen LogP contribution in [0.2, 0.25) is 0 Å². The van der Waals surface area contributed by atoms with Crippen molar-refractivity contribution in [1.82, 2.24) is 19.7 Å². The van der Waals surface area contributed by atoms with Gasteiger partial charge in [0.25, 0.3) is 0 Å². The summed E-state index contributed by atoms with van der Waals surface area (Å²) in [4.78, 5) is 16.2. The van der Waals surface area contributed by atoms with Crippen LogP contribution in [0, 0.1) is 5.82 Å². The number of carbonyl (C=O) groups is 1. The summed E-state index contributed by atoms with van der Waals surface area (Å²) in [5.74, 6) is -0.536. The highest BCUT2D eigenvalue weighted by atomic mass is 19.4. The number of anilines is 1. The molecule has 0 bridgehead atoms. The Morgan fingerprint density at radius 2 is 2.16 bits per heavy atom. The van der Waals surface area contributed by atoms with Crippen LogP contribution in [0.5, 0.6) is 0 Å². The molecule has 2 amide bonds. The summed E-state index contributed by atoms with van der Waals surface area (Å²) < 4.78 is 51.3. The number of nitrogens with zero attached hydrogens (tertiary/aromatic N) is 4. The highest BCUT2D eigenvalue weighted by Gasteiger charge is 2.39. The zero-order chi connectivity index (χ0) is 18.6. The fourth-order valence-electron chi connectivity index (χ4n) is 1.89. The molecule has 136 valence electrons. The van der Waals surface area contributed by atoms with E-state index < -0.39 is 30.7 Å². The summed E-state index contributed by atoms with van der Waals surface area (Å²) in [6.07, 6.45) is -6.19. The normalized spacial score (nSPS) is 12.7. The van der Waals surface area contributed by atoms with Crippen LogP contribution >= 0.6 is 0 Å². The molecule has 0 saturated heterocycles. The van der Waals surface area contributed by atoms with Gasteiger partial charge in [0.2, 0.25) is 5.95 Å². The summed E-state index contributed by atoms with van der Waals surface area (Å²) in [6.45, 7) is -0.734. The molecule has 2 rings (SSSR count). The highest BCUT2D eigenvalue weighted by molar-refractivity contribution is 5.87. The number of hydrogen-bond donors (Lipinski definition) is 2. The van der Waals surface area contributed by atoms with E-state index in [1.807, 2.05) is 0 Å². The minimum atomic E-state index is -4.82. The van der Waals surface area contributed by atoms with Crippen molar-refractivity contribution in [1.29, 1.82) is 0 Å². The van der Waals surface area contributed by atoms with Crippen LogP contribution < -0.4 is 5.32 Å². The maximum Gasteiger partial charge on any atom is 0.416 e. The van der Waals surface area contributed by atoms with E-state index in [1.165, 1.54) is 29.2 Å². The minimum absolute atomic E-state index is 0.130. The van der Waals surface area contributed by atoms with Crippen LogP contribution in [0.25, 0.3) is 0 Å². The molecule has 0 radical (unpaired) electrons. The Morgan fingerprint density at radius 3 is 2.80 bits per heavy atom. The third-order valence-electron chi connectivity index (χ3n) is 3.16. The fourth-order valence-corrected chi connectivity index (χ4v) is 1.89. The van der Waals surface area contributed by atoms with Gasteiger partial charge in [0.05, 0.1) is 13.1 Å². The van der Waals surface area contributed by atoms with Crippen molar-refractivity contribution in [3.8, 4) is 0 Å². The van der Waals surface area contributed by atoms with Gasteiger partial charge in [0.1, 0.15) is 12.1 Å². The number of benzene rings is 1. The highest BCUT2D eigenvalue weighted by Crippen LogP contribution is 2.20. The Bertz CT molecular complexity index is 734. The maximum absolute atomic E-state index is 13.1. The number of aliphatic hydroxyl groups excluding tert-OH is 1. The standard InChI is InChI=1S/C14H15F4N5O2/c1-22(7-11(24)14(16,17)18)13(25)20-12-19-8-23(21-12)6-9-3-2-4-10(15)5-9/h2-5,8,11,24H,6-7H2,1H3,(H,20,21,25). The van der Waals surface area contributed by atoms with E-state index in [1.54, 1.807) is 6.07 Å². The first-order valence-electron chi connectivity index (χ1n) is 7.06. The smallest absolute Gasteiger partial charge is 0.382 e. The van der Waals surface area contributed by atoms with Gasteiger partial charge in [0.15, 0.2) is 6.10 Å². The van der Waals surface area contributed by atoms with E-state index in [0.29, 0.717) is 10.5 Å². The van der Waals surface area contributed by atoms with Gasteiger partial charge < -0.3 is 10.0 Å².